The van der Waals surface area contributed by atoms with Crippen molar-refractivity contribution >= 4 is 65.0 Å². The monoisotopic (exact) mass is 882 g/mol. The smallest absolute Gasteiger partial charge is 0.303 e. The largest absolute Gasteiger partial charge is 0.481 e. The molecule has 0 saturated carbocycles. The summed E-state index contributed by atoms with van der Waals surface area (Å²) in [6, 6.07) is -6.92. The number of nitrogens with one attached hydrogen (secondary N) is 8. The first-order chi connectivity index (χ1) is 29.2. The number of benzene rings is 1. The summed E-state index contributed by atoms with van der Waals surface area (Å²) in [6.07, 6.45) is -5.48. The standard InChI is InChI=1S/C36H52N10O16.H2/c1-16(50)28-36(62)45-24(15-49)33(59)40-19(8-10-27(53)54)30(56)44-22(13-47)34(60)41-20(11-17-5-3-2-4-6-17)31(57)39-18(7-9-25(37)51)29(55)43-23(14-48)35(61)42-21(12-26(38)52)32(58)46-28;/h2-6,16,18-24,28,47-50H,7-15H2,1H3,(H2,37,51)(H2,38,52)(H,39,57)(H,40,59)(H,41,60)(H,42,61)(H,43,55)(H,44,56)(H,45,62)(H,46,58)(H,53,54);1H/t16-,18?,19?,20?,21+,22+,23?,24+,28+;/m1./s1. The molecule has 344 valence electrons. The number of nitrogens with two attached hydrogens (primary N) is 2. The summed E-state index contributed by atoms with van der Waals surface area (Å²) in [4.78, 5) is 143. The minimum Gasteiger partial charge on any atom is -0.481 e. The number of aliphatic hydroxyl groups is 4. The van der Waals surface area contributed by atoms with Crippen molar-refractivity contribution in [2.75, 3.05) is 19.8 Å². The molecule has 62 heavy (non-hydrogen) atoms. The Balaban J connectivity index is 0.0000198. The molecule has 1 aliphatic heterocycles. The first kappa shape index (κ1) is 51.4. The molecule has 1 aromatic rings. The van der Waals surface area contributed by atoms with Gasteiger partial charge in [0.2, 0.25) is 59.1 Å². The van der Waals surface area contributed by atoms with E-state index in [1.807, 2.05) is 10.6 Å². The molecular weight excluding hydrogens is 828 g/mol. The van der Waals surface area contributed by atoms with E-state index in [1.54, 1.807) is 30.3 Å². The highest BCUT2D eigenvalue weighted by Gasteiger charge is 2.37. The number of primary amides is 2. The second-order valence-electron chi connectivity index (χ2n) is 14.0. The van der Waals surface area contributed by atoms with Crippen LogP contribution in [0.1, 0.15) is 46.0 Å². The Hall–Kier alpha value is -6.77. The lowest BCUT2D eigenvalue weighted by molar-refractivity contribution is -0.139. The van der Waals surface area contributed by atoms with Gasteiger partial charge in [-0.1, -0.05) is 30.3 Å². The van der Waals surface area contributed by atoms with Gasteiger partial charge in [0.05, 0.1) is 32.3 Å². The number of rotatable bonds is 14. The van der Waals surface area contributed by atoms with Crippen LogP contribution in [0.2, 0.25) is 0 Å². The number of carbonyl (C=O) groups is 11. The summed E-state index contributed by atoms with van der Waals surface area (Å²) in [5.41, 5.74) is 11.0. The highest BCUT2D eigenvalue weighted by molar-refractivity contribution is 6.00. The third-order valence-corrected chi connectivity index (χ3v) is 9.06. The minimum atomic E-state index is -1.99. The zero-order chi connectivity index (χ0) is 46.7. The van der Waals surface area contributed by atoms with E-state index in [4.69, 9.17) is 11.5 Å². The molecule has 26 heteroatoms. The quantitative estimate of drug-likeness (QED) is 0.0825. The maximum Gasteiger partial charge on any atom is 0.303 e. The van der Waals surface area contributed by atoms with Gasteiger partial charge < -0.3 is 79.5 Å². The second kappa shape index (κ2) is 25.1. The van der Waals surface area contributed by atoms with Crippen molar-refractivity contribution in [2.45, 2.75) is 99.9 Å². The van der Waals surface area contributed by atoms with Gasteiger partial charge in [0.1, 0.15) is 48.3 Å². The zero-order valence-electron chi connectivity index (χ0n) is 33.3. The molecule has 9 atom stereocenters. The molecule has 1 heterocycles. The van der Waals surface area contributed by atoms with Crippen molar-refractivity contribution in [3.05, 3.63) is 35.9 Å². The zero-order valence-corrected chi connectivity index (χ0v) is 33.3. The van der Waals surface area contributed by atoms with Gasteiger partial charge >= 0.3 is 5.97 Å². The van der Waals surface area contributed by atoms with E-state index >= 15 is 0 Å². The van der Waals surface area contributed by atoms with Crippen molar-refractivity contribution in [1.82, 2.24) is 42.5 Å². The molecule has 10 amide bonds. The Morgan fingerprint density at radius 1 is 0.548 bits per heavy atom. The molecule has 1 aliphatic rings. The Labute approximate surface area is 354 Å². The normalized spacial score (nSPS) is 25.8. The number of carboxylic acids is 1. The Morgan fingerprint density at radius 2 is 0.919 bits per heavy atom. The van der Waals surface area contributed by atoms with Crippen molar-refractivity contribution in [1.29, 1.82) is 0 Å². The van der Waals surface area contributed by atoms with Crippen LogP contribution in [0.15, 0.2) is 30.3 Å². The molecule has 0 aliphatic carbocycles. The molecule has 0 spiro atoms. The molecule has 0 radical (unpaired) electrons. The SMILES string of the molecule is C[C@@H](O)[C@@H]1NC(=O)[C@H](CC(N)=O)NC(=O)C(CO)NC(=O)C(CCC(N)=O)NC(=O)C(Cc2ccccc2)NC(=O)[C@H](CO)NC(=O)C(CCC(=O)O)NC(=O)[C@H](CO)NC1=O.[HH]. The summed E-state index contributed by atoms with van der Waals surface area (Å²) < 4.78 is 0. The number of carbonyl (C=O) groups excluding carboxylic acids is 10. The average molecular weight is 883 g/mol. The van der Waals surface area contributed by atoms with Crippen molar-refractivity contribution in [3.63, 3.8) is 0 Å². The van der Waals surface area contributed by atoms with E-state index in [1.165, 1.54) is 0 Å². The molecule has 0 aromatic heterocycles. The van der Waals surface area contributed by atoms with E-state index in [9.17, 15) is 78.3 Å². The molecule has 2 rings (SSSR count). The summed E-state index contributed by atoms with van der Waals surface area (Å²) >= 11 is 0. The van der Waals surface area contributed by atoms with E-state index in [2.05, 4.69) is 31.9 Å². The van der Waals surface area contributed by atoms with Crippen LogP contribution in [0, 0.1) is 0 Å². The highest BCUT2D eigenvalue weighted by atomic mass is 16.4. The molecule has 26 nitrogen and oxygen atoms in total. The first-order valence-electron chi connectivity index (χ1n) is 19.0. The lowest BCUT2D eigenvalue weighted by atomic mass is 10.0. The van der Waals surface area contributed by atoms with Gasteiger partial charge in [-0.25, -0.2) is 0 Å². The van der Waals surface area contributed by atoms with Crippen LogP contribution in [-0.4, -0.2) is 165 Å². The Bertz CT molecular complexity index is 1820. The van der Waals surface area contributed by atoms with Gasteiger partial charge in [-0.3, -0.25) is 52.7 Å². The van der Waals surface area contributed by atoms with E-state index in [0.29, 0.717) is 5.56 Å². The number of amides is 10. The van der Waals surface area contributed by atoms with E-state index < -0.39 is 171 Å². The summed E-state index contributed by atoms with van der Waals surface area (Å²) in [5, 5.41) is 67.1. The van der Waals surface area contributed by atoms with Crippen LogP contribution in [0.25, 0.3) is 0 Å². The number of carboxylic acid groups (broad SMARTS) is 1. The number of aliphatic carboxylic acids is 1. The molecular formula is C36H54N10O16. The predicted octanol–water partition coefficient (Wildman–Crippen LogP) is -8.27. The molecule has 1 fully saturated rings. The fraction of sp³-hybridized carbons (Fsp3) is 0.528. The van der Waals surface area contributed by atoms with Gasteiger partial charge in [0.15, 0.2) is 0 Å². The van der Waals surface area contributed by atoms with Gasteiger partial charge in [0, 0.05) is 20.7 Å². The van der Waals surface area contributed by atoms with Crippen molar-refractivity contribution < 1.29 is 79.7 Å². The van der Waals surface area contributed by atoms with Crippen LogP contribution in [0.3, 0.4) is 0 Å². The summed E-state index contributed by atoms with van der Waals surface area (Å²) in [5.74, 6) is -13.6. The van der Waals surface area contributed by atoms with Gasteiger partial charge in [-0.2, -0.15) is 0 Å². The van der Waals surface area contributed by atoms with Crippen LogP contribution in [-0.2, 0) is 59.2 Å². The lowest BCUT2D eigenvalue weighted by Crippen LogP contribution is -2.63. The average Bonchev–Trinajstić information content (AvgIpc) is 3.21. The van der Waals surface area contributed by atoms with Gasteiger partial charge in [-0.15, -0.1) is 0 Å². The first-order valence-corrected chi connectivity index (χ1v) is 19.0. The molecule has 4 unspecified atom stereocenters. The Kier molecular flexibility index (Phi) is 20.8. The van der Waals surface area contributed by atoms with Crippen LogP contribution in [0.4, 0.5) is 0 Å². The number of hydrogen-bond donors (Lipinski definition) is 15. The second-order valence-corrected chi connectivity index (χ2v) is 14.0. The fourth-order valence-electron chi connectivity index (χ4n) is 5.70. The maximum atomic E-state index is 13.9. The minimum absolute atomic E-state index is 0. The van der Waals surface area contributed by atoms with Crippen LogP contribution >= 0.6 is 0 Å². The molecule has 1 aromatic carbocycles. The predicted molar refractivity (Wildman–Crippen MR) is 210 cm³/mol. The van der Waals surface area contributed by atoms with Gasteiger partial charge in [-0.05, 0) is 25.3 Å². The number of hydrogen-bond acceptors (Lipinski definition) is 15. The summed E-state index contributed by atoms with van der Waals surface area (Å²) in [7, 11) is 0. The summed E-state index contributed by atoms with van der Waals surface area (Å²) in [6.45, 7) is -2.48. The third kappa shape index (κ3) is 16.7. The number of aliphatic hydroxyl groups excluding tert-OH is 4. The van der Waals surface area contributed by atoms with E-state index in [0.717, 1.165) is 6.92 Å². The van der Waals surface area contributed by atoms with Crippen molar-refractivity contribution in [2.24, 2.45) is 11.5 Å². The topological polar surface area (TPSA) is 437 Å². The molecule has 1 saturated heterocycles. The van der Waals surface area contributed by atoms with Crippen LogP contribution in [0.5, 0.6) is 0 Å². The lowest BCUT2D eigenvalue weighted by Gasteiger charge is -2.28. The Morgan fingerprint density at radius 3 is 1.34 bits per heavy atom. The van der Waals surface area contributed by atoms with Crippen molar-refractivity contribution in [3.8, 4) is 0 Å². The van der Waals surface area contributed by atoms with Crippen LogP contribution < -0.4 is 54.0 Å². The highest BCUT2D eigenvalue weighted by Crippen LogP contribution is 2.08. The third-order valence-electron chi connectivity index (χ3n) is 9.06. The molecule has 0 bridgehead atoms. The van der Waals surface area contributed by atoms with E-state index in [-0.39, 0.29) is 7.85 Å². The molecule has 17 N–H and O–H groups in total. The fourth-order valence-corrected chi connectivity index (χ4v) is 5.70. The van der Waals surface area contributed by atoms with Gasteiger partial charge in [0.25, 0.3) is 0 Å². The maximum absolute atomic E-state index is 13.9.